The first-order valence-corrected chi connectivity index (χ1v) is 10.1. The smallest absolute Gasteiger partial charge is 0.303 e. The van der Waals surface area contributed by atoms with E-state index in [1.165, 1.54) is 18.3 Å². The third-order valence-electron chi connectivity index (χ3n) is 4.12. The highest BCUT2D eigenvalue weighted by Crippen LogP contribution is 2.32. The van der Waals surface area contributed by atoms with Gasteiger partial charge < -0.3 is 9.84 Å². The van der Waals surface area contributed by atoms with Crippen molar-refractivity contribution in [3.63, 3.8) is 0 Å². The Hall–Kier alpha value is -2.51. The fraction of sp³-hybridized carbons (Fsp3) is 0.211. The van der Waals surface area contributed by atoms with Gasteiger partial charge in [-0.05, 0) is 43.2 Å². The summed E-state index contributed by atoms with van der Waals surface area (Å²) in [6.07, 6.45) is 1.57. The Kier molecular flexibility index (Phi) is 5.43. The lowest BCUT2D eigenvalue weighted by Gasteiger charge is -2.10. The van der Waals surface area contributed by atoms with Crippen LogP contribution in [0.1, 0.15) is 18.9 Å². The molecule has 0 saturated carbocycles. The average Bonchev–Trinajstić information content (AvgIpc) is 2.99. The molecule has 0 aliphatic heterocycles. The summed E-state index contributed by atoms with van der Waals surface area (Å²) in [5, 5.41) is 9.76. The summed E-state index contributed by atoms with van der Waals surface area (Å²) in [7, 11) is -3.96. The van der Waals surface area contributed by atoms with Crippen molar-refractivity contribution in [3.8, 4) is 5.75 Å². The molecule has 6 nitrogen and oxygen atoms in total. The van der Waals surface area contributed by atoms with E-state index in [0.29, 0.717) is 28.8 Å². The molecule has 0 bridgehead atoms. The Bertz CT molecular complexity index is 1100. The number of aliphatic carboxylic acids is 1. The molecular formula is C19H18ClNO5S. The van der Waals surface area contributed by atoms with Gasteiger partial charge in [0, 0.05) is 24.1 Å². The number of hydrogen-bond donors (Lipinski definition) is 1. The molecule has 0 saturated heterocycles. The Morgan fingerprint density at radius 3 is 2.63 bits per heavy atom. The maximum Gasteiger partial charge on any atom is 0.303 e. The second kappa shape index (κ2) is 7.62. The van der Waals surface area contributed by atoms with Crippen LogP contribution in [0.4, 0.5) is 0 Å². The highest BCUT2D eigenvalue weighted by Gasteiger charge is 2.24. The lowest BCUT2D eigenvalue weighted by molar-refractivity contribution is -0.136. The van der Waals surface area contributed by atoms with Crippen molar-refractivity contribution < 1.29 is 23.1 Å². The van der Waals surface area contributed by atoms with Crippen LogP contribution < -0.4 is 4.74 Å². The summed E-state index contributed by atoms with van der Waals surface area (Å²) in [5.41, 5.74) is 1.05. The van der Waals surface area contributed by atoms with Crippen LogP contribution in [0.2, 0.25) is 5.02 Å². The zero-order valence-electron chi connectivity index (χ0n) is 14.6. The predicted octanol–water partition coefficient (Wildman–Crippen LogP) is 3.95. The number of halogens is 1. The standard InChI is InChI=1S/C19H18ClNO5S/c1-2-26-14-8-9-15-13(7-10-19(22)23)12-21(17(15)11-14)27(24,25)18-6-4-3-5-16(18)20/h3-6,8-9,11-12H,2,7,10H2,1H3,(H,22,23). The van der Waals surface area contributed by atoms with Crippen LogP contribution in [0.15, 0.2) is 53.6 Å². The van der Waals surface area contributed by atoms with Crippen molar-refractivity contribution in [2.75, 3.05) is 6.61 Å². The largest absolute Gasteiger partial charge is 0.494 e. The van der Waals surface area contributed by atoms with E-state index in [4.69, 9.17) is 21.4 Å². The Morgan fingerprint density at radius 1 is 1.22 bits per heavy atom. The van der Waals surface area contributed by atoms with Crippen molar-refractivity contribution in [1.82, 2.24) is 3.97 Å². The Balaban J connectivity index is 2.22. The summed E-state index contributed by atoms with van der Waals surface area (Å²) < 4.78 is 33.1. The van der Waals surface area contributed by atoms with E-state index in [-0.39, 0.29) is 22.8 Å². The lowest BCUT2D eigenvalue weighted by atomic mass is 10.1. The summed E-state index contributed by atoms with van der Waals surface area (Å²) in [6.45, 7) is 2.28. The molecule has 142 valence electrons. The van der Waals surface area contributed by atoms with Gasteiger partial charge in [-0.25, -0.2) is 12.4 Å². The first-order chi connectivity index (χ1) is 12.8. The summed E-state index contributed by atoms with van der Waals surface area (Å²) in [5.74, 6) is -0.417. The second-order valence-corrected chi connectivity index (χ2v) is 8.08. The van der Waals surface area contributed by atoms with Crippen molar-refractivity contribution in [3.05, 3.63) is 59.2 Å². The van der Waals surface area contributed by atoms with Crippen LogP contribution in [0.5, 0.6) is 5.75 Å². The van der Waals surface area contributed by atoms with Crippen LogP contribution in [-0.4, -0.2) is 30.1 Å². The number of hydrogen-bond acceptors (Lipinski definition) is 4. The summed E-state index contributed by atoms with van der Waals surface area (Å²) in [6, 6.07) is 11.3. The van der Waals surface area contributed by atoms with Gasteiger partial charge >= 0.3 is 5.97 Å². The van der Waals surface area contributed by atoms with Gasteiger partial charge in [-0.1, -0.05) is 23.7 Å². The van der Waals surface area contributed by atoms with Gasteiger partial charge in [-0.3, -0.25) is 4.79 Å². The number of aryl methyl sites for hydroxylation is 1. The second-order valence-electron chi connectivity index (χ2n) is 5.89. The quantitative estimate of drug-likeness (QED) is 0.641. The van der Waals surface area contributed by atoms with Gasteiger partial charge in [0.1, 0.15) is 10.6 Å². The average molecular weight is 408 g/mol. The van der Waals surface area contributed by atoms with Crippen LogP contribution in [-0.2, 0) is 21.2 Å². The molecule has 1 aromatic heterocycles. The van der Waals surface area contributed by atoms with Gasteiger partial charge in [0.2, 0.25) is 0 Å². The van der Waals surface area contributed by atoms with Gasteiger partial charge in [0.05, 0.1) is 17.1 Å². The van der Waals surface area contributed by atoms with E-state index in [0.717, 1.165) is 3.97 Å². The third kappa shape index (κ3) is 3.79. The summed E-state index contributed by atoms with van der Waals surface area (Å²) >= 11 is 6.11. The fourth-order valence-electron chi connectivity index (χ4n) is 2.90. The van der Waals surface area contributed by atoms with E-state index < -0.39 is 16.0 Å². The molecule has 2 aromatic carbocycles. The number of nitrogens with zero attached hydrogens (tertiary/aromatic N) is 1. The number of carboxylic acids is 1. The maximum atomic E-state index is 13.2. The molecule has 1 heterocycles. The van der Waals surface area contributed by atoms with Crippen LogP contribution >= 0.6 is 11.6 Å². The van der Waals surface area contributed by atoms with Gasteiger partial charge in [0.15, 0.2) is 0 Å². The van der Waals surface area contributed by atoms with Crippen LogP contribution in [0, 0.1) is 0 Å². The summed E-state index contributed by atoms with van der Waals surface area (Å²) in [4.78, 5) is 10.9. The van der Waals surface area contributed by atoms with Crippen molar-refractivity contribution in [2.45, 2.75) is 24.7 Å². The van der Waals surface area contributed by atoms with E-state index in [2.05, 4.69) is 0 Å². The zero-order valence-corrected chi connectivity index (χ0v) is 16.1. The first kappa shape index (κ1) is 19.3. The topological polar surface area (TPSA) is 85.6 Å². The van der Waals surface area contributed by atoms with E-state index >= 15 is 0 Å². The Morgan fingerprint density at radius 2 is 1.96 bits per heavy atom. The molecule has 0 atom stereocenters. The predicted molar refractivity (Wildman–Crippen MR) is 103 cm³/mol. The van der Waals surface area contributed by atoms with Crippen LogP contribution in [0.25, 0.3) is 10.9 Å². The molecule has 3 aromatic rings. The number of fused-ring (bicyclic) bond motifs is 1. The highest BCUT2D eigenvalue weighted by molar-refractivity contribution is 7.90. The molecule has 0 aliphatic rings. The number of benzene rings is 2. The van der Waals surface area contributed by atoms with E-state index in [1.807, 2.05) is 6.92 Å². The Labute approximate surface area is 162 Å². The van der Waals surface area contributed by atoms with Crippen molar-refractivity contribution in [1.29, 1.82) is 0 Å². The molecule has 1 N–H and O–H groups in total. The SMILES string of the molecule is CCOc1ccc2c(CCC(=O)O)cn(S(=O)(=O)c3ccccc3Cl)c2c1. The molecule has 0 fully saturated rings. The van der Waals surface area contributed by atoms with Crippen LogP contribution in [0.3, 0.4) is 0 Å². The maximum absolute atomic E-state index is 13.2. The van der Waals surface area contributed by atoms with Crippen molar-refractivity contribution >= 4 is 38.5 Å². The van der Waals surface area contributed by atoms with Gasteiger partial charge in [0.25, 0.3) is 10.0 Å². The molecule has 27 heavy (non-hydrogen) atoms. The number of aromatic nitrogens is 1. The normalized spacial score (nSPS) is 11.6. The first-order valence-electron chi connectivity index (χ1n) is 8.33. The molecular weight excluding hydrogens is 390 g/mol. The monoisotopic (exact) mass is 407 g/mol. The zero-order chi connectivity index (χ0) is 19.6. The van der Waals surface area contributed by atoms with E-state index in [1.54, 1.807) is 30.3 Å². The highest BCUT2D eigenvalue weighted by atomic mass is 35.5. The fourth-order valence-corrected chi connectivity index (χ4v) is 4.78. The number of ether oxygens (including phenoxy) is 1. The molecule has 0 radical (unpaired) electrons. The number of rotatable bonds is 7. The lowest BCUT2D eigenvalue weighted by Crippen LogP contribution is -2.12. The minimum Gasteiger partial charge on any atom is -0.494 e. The van der Waals surface area contributed by atoms with E-state index in [9.17, 15) is 13.2 Å². The minimum atomic E-state index is -3.96. The minimum absolute atomic E-state index is 0.0184. The molecule has 0 spiro atoms. The third-order valence-corrected chi connectivity index (χ3v) is 6.29. The van der Waals surface area contributed by atoms with Gasteiger partial charge in [-0.2, -0.15) is 0 Å². The molecule has 0 amide bonds. The molecule has 0 unspecified atom stereocenters. The van der Waals surface area contributed by atoms with Crippen molar-refractivity contribution in [2.24, 2.45) is 0 Å². The molecule has 8 heteroatoms. The van der Waals surface area contributed by atoms with Gasteiger partial charge in [-0.15, -0.1) is 0 Å². The molecule has 3 rings (SSSR count). The molecule has 0 aliphatic carbocycles. The number of carboxylic acid groups (broad SMARTS) is 1. The number of carbonyl (C=O) groups is 1.